The number of allylic oxidation sites excluding steroid dienone is 2. The summed E-state index contributed by atoms with van der Waals surface area (Å²) >= 11 is 0. The van der Waals surface area contributed by atoms with Gasteiger partial charge in [-0.15, -0.1) is 0 Å². The average molecular weight is 477 g/mol. The minimum absolute atomic E-state index is 0.00984. The lowest BCUT2D eigenvalue weighted by molar-refractivity contribution is -0.149. The summed E-state index contributed by atoms with van der Waals surface area (Å²) in [6, 6.07) is 9.32. The van der Waals surface area contributed by atoms with Crippen molar-refractivity contribution in [3.8, 4) is 0 Å². The van der Waals surface area contributed by atoms with Crippen molar-refractivity contribution >= 4 is 17.8 Å². The van der Waals surface area contributed by atoms with E-state index in [4.69, 9.17) is 15.3 Å². The van der Waals surface area contributed by atoms with Crippen LogP contribution in [-0.2, 0) is 19.2 Å². The van der Waals surface area contributed by atoms with Crippen molar-refractivity contribution in [2.75, 3.05) is 0 Å². The van der Waals surface area contributed by atoms with Gasteiger partial charge in [-0.3, -0.25) is 4.79 Å². The molecule has 1 aromatic rings. The molecule has 6 atom stereocenters. The van der Waals surface area contributed by atoms with Crippen LogP contribution in [-0.4, -0.2) is 23.9 Å². The predicted molar refractivity (Wildman–Crippen MR) is 134 cm³/mol. The van der Waals surface area contributed by atoms with Gasteiger partial charge in [0, 0.05) is 29.9 Å². The van der Waals surface area contributed by atoms with Gasteiger partial charge < -0.3 is 15.3 Å². The van der Waals surface area contributed by atoms with Crippen LogP contribution in [0.3, 0.4) is 0 Å². The van der Waals surface area contributed by atoms with Gasteiger partial charge in [0.15, 0.2) is 5.84 Å². The molecule has 0 saturated heterocycles. The molecule has 6 heteroatoms. The number of benzene rings is 1. The van der Waals surface area contributed by atoms with Gasteiger partial charge in [-0.2, -0.15) is 0 Å². The summed E-state index contributed by atoms with van der Waals surface area (Å²) < 4.78 is 5.56. The smallest absolute Gasteiger partial charge is 0.362 e. The van der Waals surface area contributed by atoms with Crippen molar-refractivity contribution < 1.29 is 19.2 Å². The Morgan fingerprint density at radius 3 is 2.49 bits per heavy atom. The van der Waals surface area contributed by atoms with E-state index < -0.39 is 0 Å². The minimum atomic E-state index is -0.382. The maximum atomic E-state index is 13.1. The van der Waals surface area contributed by atoms with Gasteiger partial charge in [0.25, 0.3) is 0 Å². The number of oxime groups is 1. The summed E-state index contributed by atoms with van der Waals surface area (Å²) in [5, 5.41) is 3.94. The number of nitrogens with zero attached hydrogens (tertiary/aromatic N) is 1. The van der Waals surface area contributed by atoms with Crippen LogP contribution in [0.4, 0.5) is 0 Å². The molecule has 0 spiro atoms. The Morgan fingerprint density at radius 1 is 1.00 bits per heavy atom. The standard InChI is InChI=1S/C29H36N2O4/c1-18(32)34-21-13-15-28(2)20(17-21)9-10-22-23-11-12-25(29(23,3)16-14-24(22)28)27(33)35-31-26(30)19-7-5-4-6-8-19/h4-9,12,21-24H,10-11,13-17H2,1-3H3,(H2,30,31)/t21-,22-,23-,24-,28-,29-/m0/s1. The molecule has 0 radical (unpaired) electrons. The van der Waals surface area contributed by atoms with Crippen LogP contribution in [0.5, 0.6) is 0 Å². The highest BCUT2D eigenvalue weighted by Crippen LogP contribution is 2.65. The molecular weight excluding hydrogens is 440 g/mol. The highest BCUT2D eigenvalue weighted by atomic mass is 16.7. The van der Waals surface area contributed by atoms with Gasteiger partial charge in [-0.1, -0.05) is 67.1 Å². The second-order valence-corrected chi connectivity index (χ2v) is 11.3. The van der Waals surface area contributed by atoms with E-state index in [0.717, 1.165) is 56.1 Å². The van der Waals surface area contributed by atoms with E-state index in [1.54, 1.807) is 0 Å². The molecule has 35 heavy (non-hydrogen) atoms. The zero-order chi connectivity index (χ0) is 24.8. The highest BCUT2D eigenvalue weighted by Gasteiger charge is 2.58. The molecule has 6 nitrogen and oxygen atoms in total. The second-order valence-electron chi connectivity index (χ2n) is 11.3. The fourth-order valence-electron chi connectivity index (χ4n) is 7.65. The minimum Gasteiger partial charge on any atom is -0.462 e. The number of amidine groups is 1. The summed E-state index contributed by atoms with van der Waals surface area (Å²) in [7, 11) is 0. The molecule has 1 aromatic carbocycles. The van der Waals surface area contributed by atoms with Gasteiger partial charge in [-0.25, -0.2) is 4.79 Å². The Morgan fingerprint density at radius 2 is 1.74 bits per heavy atom. The van der Waals surface area contributed by atoms with Crippen molar-refractivity contribution in [1.29, 1.82) is 0 Å². The zero-order valence-electron chi connectivity index (χ0n) is 21.0. The normalized spacial score (nSPS) is 36.1. The Balaban J connectivity index is 1.30. The Labute approximate surface area is 207 Å². The summed E-state index contributed by atoms with van der Waals surface area (Å²) in [4.78, 5) is 29.9. The van der Waals surface area contributed by atoms with Crippen LogP contribution >= 0.6 is 0 Å². The van der Waals surface area contributed by atoms with Gasteiger partial charge in [0.1, 0.15) is 6.10 Å². The van der Waals surface area contributed by atoms with Crippen LogP contribution < -0.4 is 5.73 Å². The third kappa shape index (κ3) is 4.11. The fraction of sp³-hybridized carbons (Fsp3) is 0.552. The van der Waals surface area contributed by atoms with Gasteiger partial charge in [0.05, 0.1) is 0 Å². The van der Waals surface area contributed by atoms with Crippen LogP contribution in [0.1, 0.15) is 71.3 Å². The lowest BCUT2D eigenvalue weighted by Crippen LogP contribution is -2.50. The average Bonchev–Trinajstić information content (AvgIpc) is 3.20. The van der Waals surface area contributed by atoms with Crippen LogP contribution in [0.25, 0.3) is 0 Å². The molecule has 2 saturated carbocycles. The largest absolute Gasteiger partial charge is 0.462 e. The molecule has 4 aliphatic carbocycles. The van der Waals surface area contributed by atoms with E-state index in [9.17, 15) is 9.59 Å². The summed E-state index contributed by atoms with van der Waals surface area (Å²) in [5.74, 6) is 1.17. The summed E-state index contributed by atoms with van der Waals surface area (Å²) in [6.45, 7) is 6.15. The first-order valence-corrected chi connectivity index (χ1v) is 12.9. The number of ether oxygens (including phenoxy) is 1. The number of carbonyl (C=O) groups is 2. The van der Waals surface area contributed by atoms with Crippen molar-refractivity contribution in [3.05, 3.63) is 59.2 Å². The number of fused-ring (bicyclic) bond motifs is 5. The number of esters is 1. The predicted octanol–water partition coefficient (Wildman–Crippen LogP) is 5.28. The topological polar surface area (TPSA) is 91.0 Å². The van der Waals surface area contributed by atoms with E-state index in [0.29, 0.717) is 17.8 Å². The van der Waals surface area contributed by atoms with Crippen molar-refractivity contribution in [1.82, 2.24) is 0 Å². The fourth-order valence-corrected chi connectivity index (χ4v) is 7.65. The molecule has 2 fully saturated rings. The molecule has 2 N–H and O–H groups in total. The van der Waals surface area contributed by atoms with Gasteiger partial charge in [0.2, 0.25) is 0 Å². The quantitative estimate of drug-likeness (QED) is 0.159. The second kappa shape index (κ2) is 8.96. The van der Waals surface area contributed by atoms with Crippen LogP contribution in [0.15, 0.2) is 58.8 Å². The van der Waals surface area contributed by atoms with Crippen molar-refractivity contribution in [3.63, 3.8) is 0 Å². The number of carbonyl (C=O) groups excluding carboxylic acids is 2. The van der Waals surface area contributed by atoms with E-state index in [-0.39, 0.29) is 34.7 Å². The third-order valence-corrected chi connectivity index (χ3v) is 9.49. The van der Waals surface area contributed by atoms with Crippen molar-refractivity contribution in [2.24, 2.45) is 39.5 Å². The molecule has 0 aliphatic heterocycles. The lowest BCUT2D eigenvalue weighted by Gasteiger charge is -2.57. The molecule has 0 aromatic heterocycles. The molecule has 0 bridgehead atoms. The third-order valence-electron chi connectivity index (χ3n) is 9.49. The molecular formula is C29H36N2O4. The first kappa shape index (κ1) is 23.8. The number of nitrogens with two attached hydrogens (primary N) is 1. The van der Waals surface area contributed by atoms with E-state index >= 15 is 0 Å². The van der Waals surface area contributed by atoms with E-state index in [1.807, 2.05) is 30.3 Å². The Kier molecular flexibility index (Phi) is 6.10. The Hall–Kier alpha value is -2.89. The molecule has 186 valence electrons. The summed E-state index contributed by atoms with van der Waals surface area (Å²) in [5.41, 5.74) is 8.93. The lowest BCUT2D eigenvalue weighted by atomic mass is 9.47. The Bertz CT molecular complexity index is 1110. The maximum absolute atomic E-state index is 13.1. The zero-order valence-corrected chi connectivity index (χ0v) is 21.0. The number of rotatable bonds is 4. The molecule has 4 aliphatic rings. The SMILES string of the molecule is CC(=O)O[C@H]1CC[C@@]2(C)C(=CC[C@@H]3[C@@H]2CC[C@]2(C)C(C(=O)O/N=C(\N)c4ccccc4)=CC[C@@H]32)C1. The highest BCUT2D eigenvalue weighted by molar-refractivity contribution is 5.98. The maximum Gasteiger partial charge on any atom is 0.362 e. The first-order chi connectivity index (χ1) is 16.7. The molecule has 5 rings (SSSR count). The molecule has 0 heterocycles. The van der Waals surface area contributed by atoms with Crippen LogP contribution in [0, 0.1) is 28.6 Å². The first-order valence-electron chi connectivity index (χ1n) is 12.9. The van der Waals surface area contributed by atoms with E-state index in [1.165, 1.54) is 12.5 Å². The monoisotopic (exact) mass is 476 g/mol. The number of hydrogen-bond donors (Lipinski definition) is 1. The molecule has 0 amide bonds. The van der Waals surface area contributed by atoms with Crippen LogP contribution in [0.2, 0.25) is 0 Å². The summed E-state index contributed by atoms with van der Waals surface area (Å²) in [6.07, 6.45) is 11.3. The molecule has 0 unspecified atom stereocenters. The van der Waals surface area contributed by atoms with Crippen molar-refractivity contribution in [2.45, 2.75) is 71.8 Å². The van der Waals surface area contributed by atoms with Gasteiger partial charge >= 0.3 is 11.9 Å². The number of hydrogen-bond acceptors (Lipinski definition) is 5. The van der Waals surface area contributed by atoms with Gasteiger partial charge in [-0.05, 0) is 61.7 Å². The van der Waals surface area contributed by atoms with E-state index in [2.05, 4.69) is 31.2 Å².